The van der Waals surface area contributed by atoms with Crippen molar-refractivity contribution in [3.05, 3.63) is 95.6 Å². The number of hydrogen-bond acceptors (Lipinski definition) is 4. The lowest BCUT2D eigenvalue weighted by Crippen LogP contribution is -2.33. The Hall–Kier alpha value is -3.90. The van der Waals surface area contributed by atoms with Gasteiger partial charge in [-0.1, -0.05) is 48.5 Å². The van der Waals surface area contributed by atoms with E-state index in [4.69, 9.17) is 0 Å². The number of nitrogens with zero attached hydrogens (tertiary/aromatic N) is 2. The molecule has 1 aliphatic heterocycles. The van der Waals surface area contributed by atoms with Gasteiger partial charge in [-0.15, -0.1) is 0 Å². The van der Waals surface area contributed by atoms with Crippen molar-refractivity contribution in [3.63, 3.8) is 0 Å². The van der Waals surface area contributed by atoms with Crippen LogP contribution in [-0.2, 0) is 4.79 Å². The number of likely N-dealkylation sites (N-methyl/N-ethyl adjacent to an activating group) is 2. The van der Waals surface area contributed by atoms with Crippen molar-refractivity contribution in [2.75, 3.05) is 44.9 Å². The van der Waals surface area contributed by atoms with Crippen molar-refractivity contribution in [2.24, 2.45) is 0 Å². The zero-order valence-electron chi connectivity index (χ0n) is 19.1. The second-order valence-electron chi connectivity index (χ2n) is 8.35. The third-order valence-electron chi connectivity index (χ3n) is 5.61. The Morgan fingerprint density at radius 1 is 0.818 bits per heavy atom. The Balaban J connectivity index is 1.64. The maximum absolute atomic E-state index is 12.9. The first kappa shape index (κ1) is 22.3. The summed E-state index contributed by atoms with van der Waals surface area (Å²) in [7, 11) is 5.79. The van der Waals surface area contributed by atoms with Gasteiger partial charge < -0.3 is 20.4 Å². The molecule has 0 saturated carbocycles. The molecule has 0 aliphatic carbocycles. The lowest BCUT2D eigenvalue weighted by Gasteiger charge is -2.20. The zero-order chi connectivity index (χ0) is 23.4. The van der Waals surface area contributed by atoms with Crippen molar-refractivity contribution in [2.45, 2.75) is 0 Å². The standard InChI is InChI=1S/C27H28N4O2/c1-30(2)17-18-31(3)27(33)20-13-15-21(16-14-20)28-25(19-9-5-4-6-10-19)24-22-11-7-8-12-23(22)29-26(24)32/h4-16,28H,17-18H2,1-3H3,(H,29,32). The van der Waals surface area contributed by atoms with Crippen molar-refractivity contribution in [1.29, 1.82) is 0 Å². The summed E-state index contributed by atoms with van der Waals surface area (Å²) in [6.07, 6.45) is 0. The molecule has 0 spiro atoms. The lowest BCUT2D eigenvalue weighted by atomic mass is 10.00. The quantitative estimate of drug-likeness (QED) is 0.539. The van der Waals surface area contributed by atoms with Crippen LogP contribution in [0.5, 0.6) is 0 Å². The van der Waals surface area contributed by atoms with E-state index in [1.807, 2.05) is 105 Å². The van der Waals surface area contributed by atoms with Crippen LogP contribution in [0.25, 0.3) is 11.3 Å². The van der Waals surface area contributed by atoms with Crippen LogP contribution in [0.2, 0.25) is 0 Å². The molecule has 0 radical (unpaired) electrons. The number of fused-ring (bicyclic) bond motifs is 1. The average molecular weight is 441 g/mol. The van der Waals surface area contributed by atoms with Gasteiger partial charge in [0.05, 0.1) is 11.3 Å². The fraction of sp³-hybridized carbons (Fsp3) is 0.185. The summed E-state index contributed by atoms with van der Waals surface area (Å²) in [6.45, 7) is 1.46. The Kier molecular flexibility index (Phi) is 6.56. The average Bonchev–Trinajstić information content (AvgIpc) is 3.17. The topological polar surface area (TPSA) is 64.7 Å². The molecule has 1 heterocycles. The minimum atomic E-state index is -0.142. The van der Waals surface area contributed by atoms with E-state index in [9.17, 15) is 9.59 Å². The fourth-order valence-electron chi connectivity index (χ4n) is 3.76. The number of amides is 2. The molecular weight excluding hydrogens is 412 g/mol. The Labute approximate surface area is 194 Å². The first-order chi connectivity index (χ1) is 15.9. The number of hydrogen-bond donors (Lipinski definition) is 2. The number of carbonyl (C=O) groups excluding carboxylic acids is 2. The number of carbonyl (C=O) groups is 2. The van der Waals surface area contributed by atoms with Crippen LogP contribution in [-0.4, -0.2) is 55.8 Å². The lowest BCUT2D eigenvalue weighted by molar-refractivity contribution is -0.110. The van der Waals surface area contributed by atoms with E-state index >= 15 is 0 Å². The number of anilines is 2. The molecule has 3 aromatic rings. The van der Waals surface area contributed by atoms with E-state index in [0.717, 1.165) is 34.7 Å². The molecule has 6 heteroatoms. The molecule has 2 amide bonds. The molecule has 3 aromatic carbocycles. The van der Waals surface area contributed by atoms with Crippen LogP contribution in [0, 0.1) is 0 Å². The van der Waals surface area contributed by atoms with Crippen LogP contribution in [0.4, 0.5) is 11.4 Å². The van der Waals surface area contributed by atoms with E-state index in [2.05, 4.69) is 10.6 Å². The van der Waals surface area contributed by atoms with Gasteiger partial charge in [-0.05, 0) is 50.0 Å². The predicted octanol–water partition coefficient (Wildman–Crippen LogP) is 4.25. The minimum absolute atomic E-state index is 0.0193. The molecule has 0 bridgehead atoms. The Morgan fingerprint density at radius 3 is 2.18 bits per heavy atom. The van der Waals surface area contributed by atoms with Gasteiger partial charge in [0.15, 0.2) is 0 Å². The third-order valence-corrected chi connectivity index (χ3v) is 5.61. The summed E-state index contributed by atoms with van der Waals surface area (Å²) in [4.78, 5) is 29.4. The number of nitrogens with one attached hydrogen (secondary N) is 2. The molecule has 0 fully saturated rings. The molecular formula is C27H28N4O2. The second kappa shape index (κ2) is 9.71. The number of rotatable bonds is 7. The smallest absolute Gasteiger partial charge is 0.258 e. The highest BCUT2D eigenvalue weighted by Crippen LogP contribution is 2.37. The van der Waals surface area contributed by atoms with Gasteiger partial charge in [0, 0.05) is 42.6 Å². The monoisotopic (exact) mass is 440 g/mol. The molecule has 0 saturated heterocycles. The molecule has 4 rings (SSSR count). The van der Waals surface area contributed by atoms with Gasteiger partial charge in [-0.2, -0.15) is 0 Å². The van der Waals surface area contributed by atoms with E-state index in [0.29, 0.717) is 17.7 Å². The highest BCUT2D eigenvalue weighted by molar-refractivity contribution is 6.37. The minimum Gasteiger partial charge on any atom is -0.354 e. The van der Waals surface area contributed by atoms with Gasteiger partial charge in [0.2, 0.25) is 0 Å². The first-order valence-electron chi connectivity index (χ1n) is 10.9. The zero-order valence-corrected chi connectivity index (χ0v) is 19.1. The second-order valence-corrected chi connectivity index (χ2v) is 8.35. The maximum Gasteiger partial charge on any atom is 0.258 e. The molecule has 0 unspecified atom stereocenters. The SMILES string of the molecule is CN(C)CCN(C)C(=O)c1ccc(NC(=C2C(=O)Nc3ccccc32)c2ccccc2)cc1. The molecule has 0 atom stereocenters. The summed E-state index contributed by atoms with van der Waals surface area (Å²) in [5, 5.41) is 6.38. The van der Waals surface area contributed by atoms with Gasteiger partial charge in [-0.3, -0.25) is 9.59 Å². The van der Waals surface area contributed by atoms with Gasteiger partial charge in [0.25, 0.3) is 11.8 Å². The molecule has 6 nitrogen and oxygen atoms in total. The third kappa shape index (κ3) is 4.96. The molecule has 168 valence electrons. The van der Waals surface area contributed by atoms with Gasteiger partial charge in [-0.25, -0.2) is 0 Å². The van der Waals surface area contributed by atoms with Crippen molar-refractivity contribution in [1.82, 2.24) is 9.80 Å². The highest BCUT2D eigenvalue weighted by Gasteiger charge is 2.28. The summed E-state index contributed by atoms with van der Waals surface area (Å²) >= 11 is 0. The Morgan fingerprint density at radius 2 is 1.48 bits per heavy atom. The van der Waals surface area contributed by atoms with Crippen LogP contribution in [0.3, 0.4) is 0 Å². The highest BCUT2D eigenvalue weighted by atomic mass is 16.2. The van der Waals surface area contributed by atoms with Crippen molar-refractivity contribution in [3.8, 4) is 0 Å². The normalized spacial score (nSPS) is 14.0. The van der Waals surface area contributed by atoms with E-state index in [1.54, 1.807) is 4.90 Å². The first-order valence-corrected chi connectivity index (χ1v) is 10.9. The summed E-state index contributed by atoms with van der Waals surface area (Å²) in [6, 6.07) is 24.8. The van der Waals surface area contributed by atoms with Crippen LogP contribution in [0.1, 0.15) is 21.5 Å². The van der Waals surface area contributed by atoms with E-state index in [-0.39, 0.29) is 11.8 Å². The van der Waals surface area contributed by atoms with Crippen molar-refractivity contribution < 1.29 is 9.59 Å². The van der Waals surface area contributed by atoms with Crippen LogP contribution in [0.15, 0.2) is 78.9 Å². The maximum atomic E-state index is 12.9. The largest absolute Gasteiger partial charge is 0.354 e. The summed E-state index contributed by atoms with van der Waals surface area (Å²) in [5.41, 5.74) is 5.31. The van der Waals surface area contributed by atoms with Gasteiger partial charge in [0.1, 0.15) is 0 Å². The molecule has 1 aliphatic rings. The number of benzene rings is 3. The molecule has 2 N–H and O–H groups in total. The Bertz CT molecular complexity index is 1180. The van der Waals surface area contributed by atoms with Crippen molar-refractivity contribution >= 4 is 34.5 Å². The summed E-state index contributed by atoms with van der Waals surface area (Å²) < 4.78 is 0. The molecule has 33 heavy (non-hydrogen) atoms. The predicted molar refractivity (Wildman–Crippen MR) is 134 cm³/mol. The van der Waals surface area contributed by atoms with Crippen LogP contribution < -0.4 is 10.6 Å². The fourth-order valence-corrected chi connectivity index (χ4v) is 3.76. The van der Waals surface area contributed by atoms with E-state index in [1.165, 1.54) is 0 Å². The molecule has 0 aromatic heterocycles. The number of para-hydroxylation sites is 1. The summed E-state index contributed by atoms with van der Waals surface area (Å²) in [5.74, 6) is -0.161. The van der Waals surface area contributed by atoms with E-state index < -0.39 is 0 Å². The van der Waals surface area contributed by atoms with Gasteiger partial charge >= 0.3 is 0 Å². The van der Waals surface area contributed by atoms with Crippen LogP contribution >= 0.6 is 0 Å².